The predicted octanol–water partition coefficient (Wildman–Crippen LogP) is 4.43. The largest absolute Gasteiger partial charge is 0.471 e. The van der Waals surface area contributed by atoms with E-state index in [9.17, 15) is 8.78 Å². The highest BCUT2D eigenvalue weighted by Gasteiger charge is 2.29. The molecule has 0 radical (unpaired) electrons. The maximum absolute atomic E-state index is 14.7. The standard InChI is InChI=1S/C20H22F2N2O/c1-4-13-5-6-14(17(22)9-13)16-10-18(12(3)23)24-20-15(16)7-8-19(25-20)11(2)21/h5-6,9-11,19H,3-4,7-8,23H2,1-2H3/t11?,19-/m1/s1. The summed E-state index contributed by atoms with van der Waals surface area (Å²) in [5, 5.41) is 0. The van der Waals surface area contributed by atoms with Gasteiger partial charge >= 0.3 is 0 Å². The second-order valence-corrected chi connectivity index (χ2v) is 6.40. The second-order valence-electron chi connectivity index (χ2n) is 6.40. The first-order chi connectivity index (χ1) is 11.9. The van der Waals surface area contributed by atoms with Crippen molar-refractivity contribution in [1.29, 1.82) is 0 Å². The number of nitrogens with two attached hydrogens (primary N) is 1. The number of pyridine rings is 1. The Hall–Kier alpha value is -2.43. The molecule has 0 saturated heterocycles. The number of fused-ring (bicyclic) bond motifs is 1. The Kier molecular flexibility index (Phi) is 4.75. The number of benzene rings is 1. The van der Waals surface area contributed by atoms with Crippen molar-refractivity contribution in [2.75, 3.05) is 0 Å². The number of aryl methyl sites for hydroxylation is 1. The number of hydrogen-bond acceptors (Lipinski definition) is 3. The van der Waals surface area contributed by atoms with Crippen LogP contribution in [0, 0.1) is 5.82 Å². The Morgan fingerprint density at radius 3 is 2.76 bits per heavy atom. The normalized spacial score (nSPS) is 17.5. The Labute approximate surface area is 146 Å². The highest BCUT2D eigenvalue weighted by atomic mass is 19.1. The van der Waals surface area contributed by atoms with Gasteiger partial charge in [0.15, 0.2) is 0 Å². The molecule has 2 atom stereocenters. The fourth-order valence-corrected chi connectivity index (χ4v) is 3.10. The Morgan fingerprint density at radius 2 is 2.16 bits per heavy atom. The molecular formula is C20H22F2N2O. The lowest BCUT2D eigenvalue weighted by Crippen LogP contribution is -2.31. The number of alkyl halides is 1. The summed E-state index contributed by atoms with van der Waals surface area (Å²) in [4.78, 5) is 4.36. The van der Waals surface area contributed by atoms with E-state index >= 15 is 0 Å². The van der Waals surface area contributed by atoms with Gasteiger partial charge in [0, 0.05) is 11.1 Å². The van der Waals surface area contributed by atoms with Gasteiger partial charge in [0.1, 0.15) is 18.1 Å². The van der Waals surface area contributed by atoms with Crippen LogP contribution >= 0.6 is 0 Å². The molecule has 3 rings (SSSR count). The molecule has 5 heteroatoms. The lowest BCUT2D eigenvalue weighted by molar-refractivity contribution is 0.0861. The van der Waals surface area contributed by atoms with Gasteiger partial charge in [-0.2, -0.15) is 0 Å². The van der Waals surface area contributed by atoms with Gasteiger partial charge in [-0.1, -0.05) is 25.6 Å². The number of halogens is 2. The van der Waals surface area contributed by atoms with Crippen LogP contribution in [0.2, 0.25) is 0 Å². The van der Waals surface area contributed by atoms with E-state index < -0.39 is 12.3 Å². The summed E-state index contributed by atoms with van der Waals surface area (Å²) < 4.78 is 34.0. The smallest absolute Gasteiger partial charge is 0.218 e. The molecule has 1 aliphatic rings. The molecule has 1 unspecified atom stereocenters. The molecule has 0 amide bonds. The molecule has 25 heavy (non-hydrogen) atoms. The van der Waals surface area contributed by atoms with Gasteiger partial charge in [-0.25, -0.2) is 13.8 Å². The van der Waals surface area contributed by atoms with Crippen LogP contribution in [-0.4, -0.2) is 17.3 Å². The third-order valence-corrected chi connectivity index (χ3v) is 4.60. The average molecular weight is 344 g/mol. The molecule has 0 spiro atoms. The van der Waals surface area contributed by atoms with E-state index in [1.807, 2.05) is 13.0 Å². The van der Waals surface area contributed by atoms with E-state index in [0.29, 0.717) is 35.5 Å². The highest BCUT2D eigenvalue weighted by Crippen LogP contribution is 2.38. The molecule has 132 valence electrons. The lowest BCUT2D eigenvalue weighted by Gasteiger charge is -2.28. The van der Waals surface area contributed by atoms with Gasteiger partial charge < -0.3 is 10.5 Å². The number of aromatic nitrogens is 1. The number of rotatable bonds is 4. The van der Waals surface area contributed by atoms with E-state index in [2.05, 4.69) is 11.6 Å². The molecule has 0 bridgehead atoms. The fourth-order valence-electron chi connectivity index (χ4n) is 3.10. The van der Waals surface area contributed by atoms with Crippen LogP contribution in [0.15, 0.2) is 30.8 Å². The zero-order chi connectivity index (χ0) is 18.1. The second kappa shape index (κ2) is 6.82. The van der Waals surface area contributed by atoms with Crippen molar-refractivity contribution in [3.8, 4) is 17.0 Å². The summed E-state index contributed by atoms with van der Waals surface area (Å²) in [6.45, 7) is 7.15. The molecule has 2 heterocycles. The van der Waals surface area contributed by atoms with Gasteiger partial charge in [0.2, 0.25) is 5.88 Å². The first-order valence-corrected chi connectivity index (χ1v) is 8.48. The van der Waals surface area contributed by atoms with E-state index in [1.54, 1.807) is 12.1 Å². The minimum absolute atomic E-state index is 0.258. The van der Waals surface area contributed by atoms with Crippen LogP contribution in [-0.2, 0) is 12.8 Å². The van der Waals surface area contributed by atoms with Gasteiger partial charge in [-0.3, -0.25) is 0 Å². The molecule has 3 nitrogen and oxygen atoms in total. The van der Waals surface area contributed by atoms with Crippen LogP contribution in [0.3, 0.4) is 0 Å². The maximum atomic E-state index is 14.7. The van der Waals surface area contributed by atoms with Crippen molar-refractivity contribution in [2.24, 2.45) is 5.73 Å². The Balaban J connectivity index is 2.15. The molecule has 1 aromatic heterocycles. The van der Waals surface area contributed by atoms with Crippen molar-refractivity contribution in [2.45, 2.75) is 45.4 Å². The summed E-state index contributed by atoms with van der Waals surface area (Å²) >= 11 is 0. The van der Waals surface area contributed by atoms with Crippen molar-refractivity contribution in [1.82, 2.24) is 4.98 Å². The van der Waals surface area contributed by atoms with Crippen LogP contribution in [0.5, 0.6) is 5.88 Å². The Morgan fingerprint density at radius 1 is 1.40 bits per heavy atom. The van der Waals surface area contributed by atoms with E-state index in [-0.39, 0.29) is 11.5 Å². The number of hydrogen-bond donors (Lipinski definition) is 1. The maximum Gasteiger partial charge on any atom is 0.218 e. The summed E-state index contributed by atoms with van der Waals surface area (Å²) in [7, 11) is 0. The summed E-state index contributed by atoms with van der Waals surface area (Å²) in [6, 6.07) is 6.93. The third kappa shape index (κ3) is 3.36. The van der Waals surface area contributed by atoms with Crippen molar-refractivity contribution < 1.29 is 13.5 Å². The molecule has 0 fully saturated rings. The zero-order valence-electron chi connectivity index (χ0n) is 14.5. The van der Waals surface area contributed by atoms with E-state index in [1.165, 1.54) is 13.0 Å². The minimum Gasteiger partial charge on any atom is -0.471 e. The zero-order valence-corrected chi connectivity index (χ0v) is 14.5. The quantitative estimate of drug-likeness (QED) is 0.892. The molecule has 2 aromatic rings. The van der Waals surface area contributed by atoms with Crippen molar-refractivity contribution in [3.05, 3.63) is 53.5 Å². The van der Waals surface area contributed by atoms with E-state index in [4.69, 9.17) is 10.5 Å². The van der Waals surface area contributed by atoms with Gasteiger partial charge in [-0.15, -0.1) is 0 Å². The number of nitrogens with zero attached hydrogens (tertiary/aromatic N) is 1. The van der Waals surface area contributed by atoms with Crippen molar-refractivity contribution >= 4 is 5.70 Å². The lowest BCUT2D eigenvalue weighted by atomic mass is 9.92. The predicted molar refractivity (Wildman–Crippen MR) is 95.5 cm³/mol. The topological polar surface area (TPSA) is 48.1 Å². The van der Waals surface area contributed by atoms with Crippen LogP contribution in [0.1, 0.15) is 37.1 Å². The summed E-state index contributed by atoms with van der Waals surface area (Å²) in [5.74, 6) is 0.0149. The first-order valence-electron chi connectivity index (χ1n) is 8.48. The molecule has 0 saturated carbocycles. The van der Waals surface area contributed by atoms with Crippen LogP contribution in [0.25, 0.3) is 16.8 Å². The molecule has 1 aromatic carbocycles. The first kappa shape index (κ1) is 17.4. The monoisotopic (exact) mass is 344 g/mol. The average Bonchev–Trinajstić information content (AvgIpc) is 2.60. The molecule has 2 N–H and O–H groups in total. The molecule has 0 aliphatic carbocycles. The van der Waals surface area contributed by atoms with Gasteiger partial charge in [0.05, 0.1) is 11.4 Å². The Bertz CT molecular complexity index is 818. The summed E-state index contributed by atoms with van der Waals surface area (Å²) in [6.07, 6.45) is 0.195. The van der Waals surface area contributed by atoms with E-state index in [0.717, 1.165) is 17.5 Å². The van der Waals surface area contributed by atoms with Crippen LogP contribution in [0.4, 0.5) is 8.78 Å². The molecule has 1 aliphatic heterocycles. The minimum atomic E-state index is -1.11. The fraction of sp³-hybridized carbons (Fsp3) is 0.350. The molecular weight excluding hydrogens is 322 g/mol. The van der Waals surface area contributed by atoms with Gasteiger partial charge in [0.25, 0.3) is 0 Å². The third-order valence-electron chi connectivity index (χ3n) is 4.60. The summed E-state index contributed by atoms with van der Waals surface area (Å²) in [5.41, 5.74) is 9.32. The SMILES string of the molecule is C=C(N)c1cc(-c2ccc(CC)cc2F)c2c(n1)O[C@@H](C(C)F)CC2. The van der Waals surface area contributed by atoms with Crippen molar-refractivity contribution in [3.63, 3.8) is 0 Å². The number of ether oxygens (including phenoxy) is 1. The van der Waals surface area contributed by atoms with Crippen LogP contribution < -0.4 is 10.5 Å². The van der Waals surface area contributed by atoms with Gasteiger partial charge in [-0.05, 0) is 49.4 Å². The highest BCUT2D eigenvalue weighted by molar-refractivity contribution is 5.74.